The van der Waals surface area contributed by atoms with E-state index >= 15 is 0 Å². The lowest BCUT2D eigenvalue weighted by atomic mass is 9.99. The zero-order valence-electron chi connectivity index (χ0n) is 18.3. The minimum atomic E-state index is -0.0117. The molecule has 31 heavy (non-hydrogen) atoms. The standard InChI is InChI=1S/C25H32N4O2/c1-20-11-13-28(14-12-20)23-9-7-22(8-10-23)26-24(30)19-27-15-17-29(18-16-27)25(31)21-5-3-2-4-6-21/h2-10,20H,11-19H2,1H3,(H,26,30). The van der Waals surface area contributed by atoms with Crippen LogP contribution in [0, 0.1) is 5.92 Å². The molecule has 2 heterocycles. The number of hydrogen-bond acceptors (Lipinski definition) is 4. The van der Waals surface area contributed by atoms with Crippen molar-refractivity contribution < 1.29 is 9.59 Å². The van der Waals surface area contributed by atoms with Crippen molar-refractivity contribution >= 4 is 23.2 Å². The number of anilines is 2. The Hall–Kier alpha value is -2.86. The van der Waals surface area contributed by atoms with E-state index in [-0.39, 0.29) is 11.8 Å². The van der Waals surface area contributed by atoms with Crippen LogP contribution in [0.5, 0.6) is 0 Å². The summed E-state index contributed by atoms with van der Waals surface area (Å²) in [6.45, 7) is 7.57. The van der Waals surface area contributed by atoms with Crippen LogP contribution in [0.1, 0.15) is 30.1 Å². The number of amides is 2. The predicted molar refractivity (Wildman–Crippen MR) is 124 cm³/mol. The van der Waals surface area contributed by atoms with Gasteiger partial charge in [0.2, 0.25) is 5.91 Å². The molecule has 0 bridgehead atoms. The number of nitrogens with one attached hydrogen (secondary N) is 1. The third-order valence-electron chi connectivity index (χ3n) is 6.35. The second kappa shape index (κ2) is 9.96. The first-order chi connectivity index (χ1) is 15.1. The van der Waals surface area contributed by atoms with Crippen molar-refractivity contribution in [3.63, 3.8) is 0 Å². The van der Waals surface area contributed by atoms with Crippen molar-refractivity contribution in [3.8, 4) is 0 Å². The number of nitrogens with zero attached hydrogens (tertiary/aromatic N) is 3. The average molecular weight is 421 g/mol. The highest BCUT2D eigenvalue weighted by molar-refractivity contribution is 5.94. The highest BCUT2D eigenvalue weighted by Crippen LogP contribution is 2.24. The Labute approximate surface area is 184 Å². The van der Waals surface area contributed by atoms with E-state index in [2.05, 4.69) is 34.2 Å². The van der Waals surface area contributed by atoms with Crippen LogP contribution in [0.15, 0.2) is 54.6 Å². The molecule has 6 heteroatoms. The van der Waals surface area contributed by atoms with Gasteiger partial charge in [-0.15, -0.1) is 0 Å². The van der Waals surface area contributed by atoms with Crippen LogP contribution in [-0.4, -0.2) is 67.4 Å². The first kappa shape index (κ1) is 21.4. The molecular weight excluding hydrogens is 388 g/mol. The lowest BCUT2D eigenvalue weighted by molar-refractivity contribution is -0.117. The summed E-state index contributed by atoms with van der Waals surface area (Å²) in [5.74, 6) is 0.864. The fraction of sp³-hybridized carbons (Fsp3) is 0.440. The molecule has 1 N–H and O–H groups in total. The maximum Gasteiger partial charge on any atom is 0.253 e. The normalized spacial score (nSPS) is 18.1. The monoisotopic (exact) mass is 420 g/mol. The summed E-state index contributed by atoms with van der Waals surface area (Å²) in [4.78, 5) is 31.4. The molecule has 0 radical (unpaired) electrons. The highest BCUT2D eigenvalue weighted by atomic mass is 16.2. The Morgan fingerprint density at radius 1 is 0.871 bits per heavy atom. The molecule has 0 atom stereocenters. The molecule has 2 saturated heterocycles. The molecule has 2 amide bonds. The first-order valence-electron chi connectivity index (χ1n) is 11.3. The van der Waals surface area contributed by atoms with E-state index in [1.54, 1.807) is 0 Å². The third-order valence-corrected chi connectivity index (χ3v) is 6.35. The number of carbonyl (C=O) groups is 2. The van der Waals surface area contributed by atoms with E-state index < -0.39 is 0 Å². The second-order valence-electron chi connectivity index (χ2n) is 8.70. The Kier molecular flexibility index (Phi) is 6.87. The molecule has 2 aliphatic heterocycles. The van der Waals surface area contributed by atoms with Gasteiger partial charge in [0, 0.05) is 56.2 Å². The number of rotatable bonds is 5. The fourth-order valence-corrected chi connectivity index (χ4v) is 4.30. The van der Waals surface area contributed by atoms with E-state index in [9.17, 15) is 9.59 Å². The lowest BCUT2D eigenvalue weighted by Crippen LogP contribution is -2.50. The topological polar surface area (TPSA) is 55.9 Å². The molecule has 4 rings (SSSR count). The van der Waals surface area contributed by atoms with Crippen LogP contribution in [0.25, 0.3) is 0 Å². The third kappa shape index (κ3) is 5.64. The Bertz CT molecular complexity index is 868. The zero-order valence-corrected chi connectivity index (χ0v) is 18.3. The van der Waals surface area contributed by atoms with Crippen molar-refractivity contribution in [1.29, 1.82) is 0 Å². The Balaban J connectivity index is 1.22. The van der Waals surface area contributed by atoms with E-state index in [1.165, 1.54) is 18.5 Å². The van der Waals surface area contributed by atoms with Gasteiger partial charge in [0.1, 0.15) is 0 Å². The molecule has 2 fully saturated rings. The van der Waals surface area contributed by atoms with Crippen molar-refractivity contribution in [1.82, 2.24) is 9.80 Å². The maximum atomic E-state index is 12.6. The SMILES string of the molecule is CC1CCN(c2ccc(NC(=O)CN3CCN(C(=O)c4ccccc4)CC3)cc2)CC1. The first-order valence-corrected chi connectivity index (χ1v) is 11.3. The van der Waals surface area contributed by atoms with E-state index in [0.717, 1.165) is 30.3 Å². The molecule has 164 valence electrons. The highest BCUT2D eigenvalue weighted by Gasteiger charge is 2.23. The average Bonchev–Trinajstić information content (AvgIpc) is 2.81. The summed E-state index contributed by atoms with van der Waals surface area (Å²) in [5, 5.41) is 3.01. The van der Waals surface area contributed by atoms with Gasteiger partial charge in [-0.1, -0.05) is 25.1 Å². The van der Waals surface area contributed by atoms with Gasteiger partial charge >= 0.3 is 0 Å². The van der Waals surface area contributed by atoms with E-state index in [1.807, 2.05) is 47.4 Å². The summed E-state index contributed by atoms with van der Waals surface area (Å²) >= 11 is 0. The van der Waals surface area contributed by atoms with Gasteiger partial charge in [-0.05, 0) is 55.2 Å². The zero-order chi connectivity index (χ0) is 21.6. The van der Waals surface area contributed by atoms with Crippen LogP contribution in [0.3, 0.4) is 0 Å². The van der Waals surface area contributed by atoms with Crippen molar-refractivity contribution in [2.75, 3.05) is 56.0 Å². The molecule has 0 unspecified atom stereocenters. The summed E-state index contributed by atoms with van der Waals surface area (Å²) in [6, 6.07) is 17.5. The quantitative estimate of drug-likeness (QED) is 0.806. The van der Waals surface area contributed by atoms with Gasteiger partial charge in [0.25, 0.3) is 5.91 Å². The van der Waals surface area contributed by atoms with Crippen LogP contribution >= 0.6 is 0 Å². The largest absolute Gasteiger partial charge is 0.372 e. The molecule has 0 saturated carbocycles. The Morgan fingerprint density at radius 3 is 2.16 bits per heavy atom. The van der Waals surface area contributed by atoms with Crippen LogP contribution in [0.2, 0.25) is 0 Å². The molecule has 0 aliphatic carbocycles. The molecule has 0 aromatic heterocycles. The lowest BCUT2D eigenvalue weighted by Gasteiger charge is -2.34. The number of piperazine rings is 1. The van der Waals surface area contributed by atoms with Gasteiger partial charge in [-0.2, -0.15) is 0 Å². The molecule has 6 nitrogen and oxygen atoms in total. The van der Waals surface area contributed by atoms with Gasteiger partial charge in [0.15, 0.2) is 0 Å². The van der Waals surface area contributed by atoms with Crippen LogP contribution in [-0.2, 0) is 4.79 Å². The van der Waals surface area contributed by atoms with Gasteiger partial charge < -0.3 is 15.1 Å². The van der Waals surface area contributed by atoms with Gasteiger partial charge in [-0.3, -0.25) is 14.5 Å². The van der Waals surface area contributed by atoms with Gasteiger partial charge in [0.05, 0.1) is 6.54 Å². The van der Waals surface area contributed by atoms with Crippen molar-refractivity contribution in [2.24, 2.45) is 5.92 Å². The fourth-order valence-electron chi connectivity index (χ4n) is 4.30. The van der Waals surface area contributed by atoms with Crippen LogP contribution < -0.4 is 10.2 Å². The maximum absolute atomic E-state index is 12.6. The summed E-state index contributed by atoms with van der Waals surface area (Å²) < 4.78 is 0. The van der Waals surface area contributed by atoms with Crippen molar-refractivity contribution in [3.05, 3.63) is 60.2 Å². The molecular formula is C25H32N4O2. The number of benzene rings is 2. The smallest absolute Gasteiger partial charge is 0.253 e. The summed E-state index contributed by atoms with van der Waals surface area (Å²) in [6.07, 6.45) is 2.48. The van der Waals surface area contributed by atoms with E-state index in [0.29, 0.717) is 32.7 Å². The van der Waals surface area contributed by atoms with Crippen molar-refractivity contribution in [2.45, 2.75) is 19.8 Å². The summed E-state index contributed by atoms with van der Waals surface area (Å²) in [5.41, 5.74) is 2.78. The summed E-state index contributed by atoms with van der Waals surface area (Å²) in [7, 11) is 0. The van der Waals surface area contributed by atoms with E-state index in [4.69, 9.17) is 0 Å². The molecule has 2 aromatic carbocycles. The number of piperidine rings is 1. The van der Waals surface area contributed by atoms with Crippen LogP contribution in [0.4, 0.5) is 11.4 Å². The minimum Gasteiger partial charge on any atom is -0.372 e. The predicted octanol–water partition coefficient (Wildman–Crippen LogP) is 3.32. The molecule has 0 spiro atoms. The number of carbonyl (C=O) groups excluding carboxylic acids is 2. The minimum absolute atomic E-state index is 0.0117. The Morgan fingerprint density at radius 2 is 1.52 bits per heavy atom. The second-order valence-corrected chi connectivity index (χ2v) is 8.70. The number of hydrogen-bond donors (Lipinski definition) is 1. The van der Waals surface area contributed by atoms with Gasteiger partial charge in [-0.25, -0.2) is 0 Å². The molecule has 2 aromatic rings. The molecule has 2 aliphatic rings.